The number of benzene rings is 1. The van der Waals surface area contributed by atoms with Gasteiger partial charge in [0.2, 0.25) is 0 Å². The summed E-state index contributed by atoms with van der Waals surface area (Å²) in [6, 6.07) is 10.1. The predicted molar refractivity (Wildman–Crippen MR) is 73.1 cm³/mol. The zero-order chi connectivity index (χ0) is 11.4. The van der Waals surface area contributed by atoms with Crippen molar-refractivity contribution >= 4 is 11.8 Å². The van der Waals surface area contributed by atoms with Gasteiger partial charge in [-0.2, -0.15) is 11.8 Å². The molecular formula is C14H21NS. The molecule has 1 aromatic carbocycles. The lowest BCUT2D eigenvalue weighted by molar-refractivity contribution is 0.449. The summed E-state index contributed by atoms with van der Waals surface area (Å²) in [5, 5.41) is 3.80. The largest absolute Gasteiger partial charge is 0.306 e. The normalized spacial score (nSPS) is 20.8. The number of fused-ring (bicyclic) bond motifs is 1. The smallest absolute Gasteiger partial charge is 0.0328 e. The molecule has 0 saturated heterocycles. The lowest BCUT2D eigenvalue weighted by Gasteiger charge is -2.22. The van der Waals surface area contributed by atoms with Gasteiger partial charge in [-0.1, -0.05) is 31.2 Å². The fourth-order valence-electron chi connectivity index (χ4n) is 2.50. The van der Waals surface area contributed by atoms with Crippen molar-refractivity contribution in [1.29, 1.82) is 0 Å². The van der Waals surface area contributed by atoms with E-state index in [0.29, 0.717) is 12.1 Å². The van der Waals surface area contributed by atoms with Crippen LogP contribution in [0.1, 0.15) is 36.9 Å². The predicted octanol–water partition coefficient (Wildman–Crippen LogP) is 3.41. The summed E-state index contributed by atoms with van der Waals surface area (Å²) in [5.41, 5.74) is 3.07. The lowest BCUT2D eigenvalue weighted by Crippen LogP contribution is -2.33. The van der Waals surface area contributed by atoms with Crippen molar-refractivity contribution in [3.8, 4) is 0 Å². The summed E-state index contributed by atoms with van der Waals surface area (Å²) in [4.78, 5) is 0. The van der Waals surface area contributed by atoms with E-state index >= 15 is 0 Å². The van der Waals surface area contributed by atoms with Crippen molar-refractivity contribution in [2.45, 2.75) is 38.3 Å². The van der Waals surface area contributed by atoms with Crippen LogP contribution in [-0.2, 0) is 6.42 Å². The van der Waals surface area contributed by atoms with Gasteiger partial charge in [-0.25, -0.2) is 0 Å². The average molecular weight is 235 g/mol. The Bertz CT molecular complexity index is 337. The van der Waals surface area contributed by atoms with Gasteiger partial charge >= 0.3 is 0 Å². The number of aryl methyl sites for hydroxylation is 1. The van der Waals surface area contributed by atoms with E-state index in [0.717, 1.165) is 0 Å². The Labute approximate surface area is 103 Å². The molecule has 0 spiro atoms. The molecule has 2 atom stereocenters. The molecule has 0 aromatic heterocycles. The fourth-order valence-corrected chi connectivity index (χ4v) is 3.23. The average Bonchev–Trinajstić information content (AvgIpc) is 2.72. The van der Waals surface area contributed by atoms with Gasteiger partial charge in [0.05, 0.1) is 0 Å². The molecule has 1 nitrogen and oxygen atoms in total. The molecule has 0 fully saturated rings. The standard InChI is InChI=1S/C14H21NS/c1-3-12(10-16-2)15-14-9-8-11-6-4-5-7-13(11)14/h4-7,12,14-15H,3,8-10H2,1-2H3. The molecule has 88 valence electrons. The van der Waals surface area contributed by atoms with Gasteiger partial charge in [-0.05, 0) is 36.6 Å². The van der Waals surface area contributed by atoms with E-state index in [4.69, 9.17) is 0 Å². The van der Waals surface area contributed by atoms with Crippen molar-refractivity contribution in [3.63, 3.8) is 0 Å². The van der Waals surface area contributed by atoms with E-state index in [2.05, 4.69) is 42.8 Å². The Morgan fingerprint density at radius 2 is 2.25 bits per heavy atom. The second-order valence-electron chi connectivity index (χ2n) is 4.52. The third kappa shape index (κ3) is 2.61. The zero-order valence-corrected chi connectivity index (χ0v) is 11.0. The number of hydrogen-bond acceptors (Lipinski definition) is 2. The van der Waals surface area contributed by atoms with Gasteiger partial charge in [-0.3, -0.25) is 0 Å². The van der Waals surface area contributed by atoms with Crippen LogP contribution in [0, 0.1) is 0 Å². The van der Waals surface area contributed by atoms with E-state index in [1.54, 1.807) is 5.56 Å². The Balaban J connectivity index is 2.02. The van der Waals surface area contributed by atoms with Crippen LogP contribution in [0.4, 0.5) is 0 Å². The molecule has 1 aliphatic carbocycles. The zero-order valence-electron chi connectivity index (χ0n) is 10.2. The Morgan fingerprint density at radius 3 is 3.00 bits per heavy atom. The summed E-state index contributed by atoms with van der Waals surface area (Å²) in [5.74, 6) is 1.22. The molecule has 1 aliphatic rings. The molecule has 0 bridgehead atoms. The van der Waals surface area contributed by atoms with Crippen molar-refractivity contribution in [2.24, 2.45) is 0 Å². The molecule has 1 aromatic rings. The van der Waals surface area contributed by atoms with Gasteiger partial charge in [0, 0.05) is 17.8 Å². The maximum Gasteiger partial charge on any atom is 0.0328 e. The molecule has 0 radical (unpaired) electrons. The molecule has 0 aliphatic heterocycles. The Kier molecular flexibility index (Phi) is 4.30. The molecule has 0 heterocycles. The highest BCUT2D eigenvalue weighted by molar-refractivity contribution is 7.98. The first kappa shape index (κ1) is 12.0. The topological polar surface area (TPSA) is 12.0 Å². The third-order valence-electron chi connectivity index (χ3n) is 3.43. The number of nitrogens with one attached hydrogen (secondary N) is 1. The Morgan fingerprint density at radius 1 is 1.44 bits per heavy atom. The van der Waals surface area contributed by atoms with Crippen molar-refractivity contribution in [3.05, 3.63) is 35.4 Å². The van der Waals surface area contributed by atoms with Gasteiger partial charge in [0.25, 0.3) is 0 Å². The fraction of sp³-hybridized carbons (Fsp3) is 0.571. The van der Waals surface area contributed by atoms with Gasteiger partial charge < -0.3 is 5.32 Å². The van der Waals surface area contributed by atoms with Crippen molar-refractivity contribution in [1.82, 2.24) is 5.32 Å². The molecule has 0 saturated carbocycles. The first-order chi connectivity index (χ1) is 7.85. The van der Waals surface area contributed by atoms with Gasteiger partial charge in [-0.15, -0.1) is 0 Å². The van der Waals surface area contributed by atoms with Gasteiger partial charge in [0.1, 0.15) is 0 Å². The SMILES string of the molecule is CCC(CSC)NC1CCc2ccccc21. The maximum absolute atomic E-state index is 3.80. The van der Waals surface area contributed by atoms with E-state index in [9.17, 15) is 0 Å². The second-order valence-corrected chi connectivity index (χ2v) is 5.43. The monoisotopic (exact) mass is 235 g/mol. The van der Waals surface area contributed by atoms with Crippen LogP contribution >= 0.6 is 11.8 Å². The quantitative estimate of drug-likeness (QED) is 0.839. The van der Waals surface area contributed by atoms with E-state index in [-0.39, 0.29) is 0 Å². The molecular weight excluding hydrogens is 214 g/mol. The summed E-state index contributed by atoms with van der Waals surface area (Å²) in [6.45, 7) is 2.27. The highest BCUT2D eigenvalue weighted by Crippen LogP contribution is 2.31. The van der Waals surface area contributed by atoms with Crippen LogP contribution < -0.4 is 5.32 Å². The minimum atomic E-state index is 0.591. The molecule has 16 heavy (non-hydrogen) atoms. The van der Waals surface area contributed by atoms with Crippen LogP contribution in [0.2, 0.25) is 0 Å². The van der Waals surface area contributed by atoms with Gasteiger partial charge in [0.15, 0.2) is 0 Å². The van der Waals surface area contributed by atoms with Crippen LogP contribution in [0.5, 0.6) is 0 Å². The minimum Gasteiger partial charge on any atom is -0.306 e. The first-order valence-electron chi connectivity index (χ1n) is 6.18. The summed E-state index contributed by atoms with van der Waals surface area (Å²) in [6.07, 6.45) is 5.92. The van der Waals surface area contributed by atoms with Crippen LogP contribution in [0.15, 0.2) is 24.3 Å². The molecule has 2 unspecified atom stereocenters. The molecule has 1 N–H and O–H groups in total. The highest BCUT2D eigenvalue weighted by atomic mass is 32.2. The summed E-state index contributed by atoms with van der Waals surface area (Å²) >= 11 is 1.94. The van der Waals surface area contributed by atoms with Crippen LogP contribution in [0.25, 0.3) is 0 Å². The summed E-state index contributed by atoms with van der Waals surface area (Å²) < 4.78 is 0. The van der Waals surface area contributed by atoms with Crippen LogP contribution in [0.3, 0.4) is 0 Å². The minimum absolute atomic E-state index is 0.591. The van der Waals surface area contributed by atoms with E-state index < -0.39 is 0 Å². The van der Waals surface area contributed by atoms with Crippen molar-refractivity contribution < 1.29 is 0 Å². The first-order valence-corrected chi connectivity index (χ1v) is 7.57. The molecule has 2 rings (SSSR count). The lowest BCUT2D eigenvalue weighted by atomic mass is 10.1. The summed E-state index contributed by atoms with van der Waals surface area (Å²) in [7, 11) is 0. The second kappa shape index (κ2) is 5.74. The number of hydrogen-bond donors (Lipinski definition) is 1. The molecule has 0 amide bonds. The highest BCUT2D eigenvalue weighted by Gasteiger charge is 2.23. The van der Waals surface area contributed by atoms with E-state index in [1.165, 1.54) is 30.6 Å². The maximum atomic E-state index is 3.80. The van der Waals surface area contributed by atoms with E-state index in [1.807, 2.05) is 11.8 Å². The third-order valence-corrected chi connectivity index (χ3v) is 4.17. The van der Waals surface area contributed by atoms with Crippen LogP contribution in [-0.4, -0.2) is 18.1 Å². The number of thioether (sulfide) groups is 1. The van der Waals surface area contributed by atoms with Crippen molar-refractivity contribution in [2.75, 3.05) is 12.0 Å². The number of rotatable bonds is 5. The molecule has 2 heteroatoms. The Hall–Kier alpha value is -0.470.